The van der Waals surface area contributed by atoms with Crippen LogP contribution < -0.4 is 15.4 Å². The van der Waals surface area contributed by atoms with E-state index in [9.17, 15) is 27.6 Å². The van der Waals surface area contributed by atoms with Crippen LogP contribution in [0.4, 0.5) is 4.79 Å². The number of sulfonamides is 1. The quantitative estimate of drug-likeness (QED) is 0.300. The zero-order valence-corrected chi connectivity index (χ0v) is 33.4. The number of amides is 4. The first-order chi connectivity index (χ1) is 26.7. The van der Waals surface area contributed by atoms with Crippen molar-refractivity contribution in [3.63, 3.8) is 0 Å². The Morgan fingerprint density at radius 2 is 1.66 bits per heavy atom. The van der Waals surface area contributed by atoms with Crippen LogP contribution in [0.1, 0.15) is 97.1 Å². The summed E-state index contributed by atoms with van der Waals surface area (Å²) in [5.41, 5.74) is 2.05. The van der Waals surface area contributed by atoms with Crippen LogP contribution in [0.2, 0.25) is 0 Å². The van der Waals surface area contributed by atoms with Gasteiger partial charge in [-0.05, 0) is 61.5 Å². The molecular formula is C41H53N7O7S. The zero-order valence-electron chi connectivity index (χ0n) is 32.6. The van der Waals surface area contributed by atoms with Gasteiger partial charge in [-0.1, -0.05) is 95.5 Å². The highest BCUT2D eigenvalue weighted by Crippen LogP contribution is 2.47. The van der Waals surface area contributed by atoms with Gasteiger partial charge in [-0.2, -0.15) is 15.0 Å². The molecular weight excluding hydrogens is 735 g/mol. The van der Waals surface area contributed by atoms with Crippen molar-refractivity contribution in [3.8, 4) is 22.5 Å². The number of aryl methyl sites for hydroxylation is 1. The van der Waals surface area contributed by atoms with Gasteiger partial charge in [-0.25, -0.2) is 13.2 Å². The molecule has 4 aliphatic rings. The minimum Gasteiger partial charge on any atom is -0.450 e. The fourth-order valence-corrected chi connectivity index (χ4v) is 9.40. The minimum absolute atomic E-state index is 0.0368. The lowest BCUT2D eigenvalue weighted by atomic mass is 9.85. The third kappa shape index (κ3) is 8.33. The highest BCUT2D eigenvalue weighted by molar-refractivity contribution is 7.91. The van der Waals surface area contributed by atoms with Gasteiger partial charge in [0.1, 0.15) is 29.0 Å². The standard InChI is InChI=1S/C41H53N7O7S/c1-5-29-24-41(29,38(51)46-56(53,54)31-19-20-31)43-36(49)32-23-30-25-47(32)37(50)35(40(2,3)4)42-39(52)55-21-12-7-6-9-14-26-15-13-18-28(22-26)34-33(44-48(30)45-34)27-16-10-8-11-17-27/h8,10-11,13,15-18,22,29-32,35H,5-7,9,12,14,19-21,23-25H2,1-4H3,(H,42,52)(H,43,49)(H,46,51)/t29-,30-,32+,35-,41-/m1/s1. The van der Waals surface area contributed by atoms with Gasteiger partial charge in [0.2, 0.25) is 21.8 Å². The number of alkyl carbamates (subject to hydrolysis) is 1. The summed E-state index contributed by atoms with van der Waals surface area (Å²) >= 11 is 0. The summed E-state index contributed by atoms with van der Waals surface area (Å²) in [6, 6.07) is 15.3. The van der Waals surface area contributed by atoms with E-state index in [1.54, 1.807) is 4.80 Å². The van der Waals surface area contributed by atoms with Crippen LogP contribution in [0.5, 0.6) is 0 Å². The monoisotopic (exact) mass is 787 g/mol. The molecule has 300 valence electrons. The van der Waals surface area contributed by atoms with Crippen LogP contribution in [0, 0.1) is 11.3 Å². The molecule has 3 heterocycles. The summed E-state index contributed by atoms with van der Waals surface area (Å²) < 4.78 is 33.4. The predicted molar refractivity (Wildman–Crippen MR) is 209 cm³/mol. The largest absolute Gasteiger partial charge is 0.450 e. The van der Waals surface area contributed by atoms with Gasteiger partial charge in [0, 0.05) is 24.1 Å². The Morgan fingerprint density at radius 1 is 0.964 bits per heavy atom. The average Bonchev–Trinajstić information content (AvgIpc) is 4.05. The molecule has 3 aromatic rings. The Morgan fingerprint density at radius 3 is 2.34 bits per heavy atom. The van der Waals surface area contributed by atoms with E-state index in [1.165, 1.54) is 4.90 Å². The number of hydrogen-bond donors (Lipinski definition) is 3. The molecule has 56 heavy (non-hydrogen) atoms. The number of hydrogen-bond acceptors (Lipinski definition) is 9. The van der Waals surface area contributed by atoms with Crippen molar-refractivity contribution >= 4 is 33.8 Å². The van der Waals surface area contributed by atoms with Crippen molar-refractivity contribution in [3.05, 3.63) is 60.2 Å². The fraction of sp³-hybridized carbons (Fsp3) is 0.561. The van der Waals surface area contributed by atoms with E-state index in [0.717, 1.165) is 42.4 Å². The summed E-state index contributed by atoms with van der Waals surface area (Å²) in [6.45, 7) is 7.61. The number of nitrogens with zero attached hydrogens (tertiary/aromatic N) is 4. The van der Waals surface area contributed by atoms with Crippen molar-refractivity contribution in [2.45, 2.75) is 121 Å². The maximum absolute atomic E-state index is 14.7. The smallest absolute Gasteiger partial charge is 0.407 e. The Kier molecular flexibility index (Phi) is 11.0. The van der Waals surface area contributed by atoms with Crippen molar-refractivity contribution in [2.24, 2.45) is 11.3 Å². The van der Waals surface area contributed by atoms with E-state index in [2.05, 4.69) is 27.5 Å². The van der Waals surface area contributed by atoms with Crippen LogP contribution in [0.3, 0.4) is 0 Å². The molecule has 3 N–H and O–H groups in total. The van der Waals surface area contributed by atoms with Crippen molar-refractivity contribution in [2.75, 3.05) is 13.2 Å². The molecule has 14 nitrogen and oxygen atoms in total. The molecule has 2 aliphatic heterocycles. The lowest BCUT2D eigenvalue weighted by Gasteiger charge is -2.35. The first-order valence-electron chi connectivity index (χ1n) is 19.9. The molecule has 7 rings (SSSR count). The van der Waals surface area contributed by atoms with Crippen LogP contribution in [-0.2, 0) is 35.6 Å². The average molecular weight is 788 g/mol. The molecule has 2 aliphatic carbocycles. The van der Waals surface area contributed by atoms with Crippen LogP contribution >= 0.6 is 0 Å². The molecule has 15 heteroatoms. The topological polar surface area (TPSA) is 182 Å². The number of fused-ring (bicyclic) bond motifs is 8. The number of benzene rings is 2. The van der Waals surface area contributed by atoms with Crippen LogP contribution in [0.15, 0.2) is 54.6 Å². The van der Waals surface area contributed by atoms with E-state index in [1.807, 2.05) is 70.2 Å². The molecule has 0 unspecified atom stereocenters. The van der Waals surface area contributed by atoms with Crippen LogP contribution in [-0.4, -0.2) is 88.2 Å². The number of cyclic esters (lactones) is 1. The first kappa shape index (κ1) is 39.4. The maximum atomic E-state index is 14.7. The predicted octanol–water partition coefficient (Wildman–Crippen LogP) is 4.90. The van der Waals surface area contributed by atoms with Crippen LogP contribution in [0.25, 0.3) is 22.5 Å². The number of carbonyl (C=O) groups excluding carboxylic acids is 4. The third-order valence-corrected chi connectivity index (χ3v) is 13.4. The highest BCUT2D eigenvalue weighted by atomic mass is 32.2. The number of aromatic nitrogens is 3. The van der Waals surface area contributed by atoms with Crippen molar-refractivity contribution in [1.29, 1.82) is 0 Å². The van der Waals surface area contributed by atoms with E-state index in [4.69, 9.17) is 14.9 Å². The van der Waals surface area contributed by atoms with Gasteiger partial charge < -0.3 is 20.3 Å². The van der Waals surface area contributed by atoms with Gasteiger partial charge in [-0.3, -0.25) is 19.1 Å². The molecule has 2 aromatic carbocycles. The van der Waals surface area contributed by atoms with E-state index in [0.29, 0.717) is 37.1 Å². The third-order valence-electron chi connectivity index (χ3n) is 11.6. The molecule has 1 saturated heterocycles. The summed E-state index contributed by atoms with van der Waals surface area (Å²) in [4.78, 5) is 59.1. The Labute approximate surface area is 328 Å². The molecule has 0 spiro atoms. The lowest BCUT2D eigenvalue weighted by molar-refractivity contribution is -0.142. The second kappa shape index (κ2) is 15.6. The SMILES string of the molecule is CC[C@@H]1C[C@]1(NC(=O)[C@@H]1C[C@@H]2CN1C(=O)[C@H](C(C)(C)C)NC(=O)OCCCCCCc1cccc(c1)-c1nn2nc1-c1ccccc1)C(=O)NS(=O)(=O)C1CC1. The van der Waals surface area contributed by atoms with Crippen molar-refractivity contribution < 1.29 is 32.3 Å². The number of ether oxygens (including phenoxy) is 1. The summed E-state index contributed by atoms with van der Waals surface area (Å²) in [6.07, 6.45) is 5.51. The van der Waals surface area contributed by atoms with Gasteiger partial charge in [0.15, 0.2) is 0 Å². The van der Waals surface area contributed by atoms with Gasteiger partial charge in [0.25, 0.3) is 5.91 Å². The summed E-state index contributed by atoms with van der Waals surface area (Å²) in [7, 11) is -3.87. The lowest BCUT2D eigenvalue weighted by Crippen LogP contribution is -2.60. The summed E-state index contributed by atoms with van der Waals surface area (Å²) in [5, 5.41) is 15.2. The second-order valence-electron chi connectivity index (χ2n) is 16.9. The second-order valence-corrected chi connectivity index (χ2v) is 18.8. The molecule has 1 aromatic heterocycles. The number of nitrogens with one attached hydrogen (secondary N) is 3. The van der Waals surface area contributed by atoms with Gasteiger partial charge in [-0.15, -0.1) is 0 Å². The maximum Gasteiger partial charge on any atom is 0.407 e. The van der Waals surface area contributed by atoms with E-state index >= 15 is 0 Å². The molecule has 4 amide bonds. The van der Waals surface area contributed by atoms with E-state index in [-0.39, 0.29) is 31.9 Å². The zero-order chi connectivity index (χ0) is 39.8. The fourth-order valence-electron chi connectivity index (χ4n) is 8.04. The van der Waals surface area contributed by atoms with Gasteiger partial charge in [0.05, 0.1) is 17.9 Å². The molecule has 6 bridgehead atoms. The first-order valence-corrected chi connectivity index (χ1v) is 21.5. The van der Waals surface area contributed by atoms with Crippen molar-refractivity contribution in [1.82, 2.24) is 35.2 Å². The molecule has 3 fully saturated rings. The molecule has 5 atom stereocenters. The molecule has 0 radical (unpaired) electrons. The Hall–Kier alpha value is -4.79. The highest BCUT2D eigenvalue weighted by Gasteiger charge is 2.62. The van der Waals surface area contributed by atoms with Gasteiger partial charge >= 0.3 is 6.09 Å². The molecule has 2 saturated carbocycles. The normalized spacial score (nSPS) is 26.1. The Bertz CT molecular complexity index is 2080. The number of carbonyl (C=O) groups is 4. The Balaban J connectivity index is 1.27. The summed E-state index contributed by atoms with van der Waals surface area (Å²) in [5.74, 6) is -2.12. The van der Waals surface area contributed by atoms with E-state index < -0.39 is 68.2 Å². The minimum atomic E-state index is -3.87. The number of rotatable bonds is 7.